The summed E-state index contributed by atoms with van der Waals surface area (Å²) in [6.07, 6.45) is 3.82. The third-order valence-electron chi connectivity index (χ3n) is 3.02. The summed E-state index contributed by atoms with van der Waals surface area (Å²) < 4.78 is 18.8. The molecule has 0 aliphatic heterocycles. The van der Waals surface area contributed by atoms with Crippen LogP contribution in [-0.2, 0) is 40.0 Å². The highest BCUT2D eigenvalue weighted by Gasteiger charge is 2.07. The van der Waals surface area contributed by atoms with Crippen molar-refractivity contribution >= 4 is 23.9 Å². The zero-order chi connectivity index (χ0) is 19.5. The van der Waals surface area contributed by atoms with Crippen molar-refractivity contribution in [1.82, 2.24) is 0 Å². The van der Waals surface area contributed by atoms with Crippen LogP contribution in [0.5, 0.6) is 5.75 Å². The van der Waals surface area contributed by atoms with Crippen LogP contribution >= 0.6 is 0 Å². The summed E-state index contributed by atoms with van der Waals surface area (Å²) in [7, 11) is 2.39. The lowest BCUT2D eigenvalue weighted by Crippen LogP contribution is -2.07. The first kappa shape index (κ1) is 20.6. The Kier molecular flexibility index (Phi) is 8.29. The Balaban J connectivity index is 2.61. The Morgan fingerprint density at radius 2 is 1.38 bits per heavy atom. The monoisotopic (exact) mass is 362 g/mol. The van der Waals surface area contributed by atoms with Gasteiger partial charge in [-0.25, -0.2) is 19.2 Å². The van der Waals surface area contributed by atoms with E-state index in [1.807, 2.05) is 0 Å². The van der Waals surface area contributed by atoms with Crippen molar-refractivity contribution in [3.63, 3.8) is 0 Å². The third kappa shape index (κ3) is 7.43. The van der Waals surface area contributed by atoms with Crippen molar-refractivity contribution in [2.45, 2.75) is 13.5 Å². The predicted molar refractivity (Wildman–Crippen MR) is 88.9 cm³/mol. The molecular formula is C18H18O8. The number of carbonyl (C=O) groups is 4. The van der Waals surface area contributed by atoms with Crippen molar-refractivity contribution in [3.8, 4) is 5.75 Å². The van der Waals surface area contributed by atoms with E-state index in [1.165, 1.54) is 20.3 Å². The Morgan fingerprint density at radius 3 is 1.92 bits per heavy atom. The van der Waals surface area contributed by atoms with Gasteiger partial charge in [-0.15, -0.1) is 0 Å². The molecule has 1 aromatic rings. The smallest absolute Gasteiger partial charge is 0.336 e. The van der Waals surface area contributed by atoms with E-state index in [0.717, 1.165) is 29.9 Å². The fraction of sp³-hybridized carbons (Fsp3) is 0.222. The van der Waals surface area contributed by atoms with Gasteiger partial charge in [-0.05, 0) is 30.2 Å². The molecule has 1 aromatic carbocycles. The fourth-order valence-electron chi connectivity index (χ4n) is 1.65. The lowest BCUT2D eigenvalue weighted by Gasteiger charge is -2.08. The molecule has 0 aliphatic rings. The second-order valence-corrected chi connectivity index (χ2v) is 4.83. The summed E-state index contributed by atoms with van der Waals surface area (Å²) >= 11 is 0. The van der Waals surface area contributed by atoms with Gasteiger partial charge in [-0.3, -0.25) is 0 Å². The normalized spacial score (nSPS) is 10.6. The van der Waals surface area contributed by atoms with Crippen LogP contribution in [0.2, 0.25) is 0 Å². The van der Waals surface area contributed by atoms with Crippen LogP contribution in [0.3, 0.4) is 0 Å². The van der Waals surface area contributed by atoms with Gasteiger partial charge < -0.3 is 18.9 Å². The maximum atomic E-state index is 11.6. The lowest BCUT2D eigenvalue weighted by molar-refractivity contribution is -0.140. The summed E-state index contributed by atoms with van der Waals surface area (Å²) in [4.78, 5) is 44.8. The minimum absolute atomic E-state index is 0.0212. The fourth-order valence-corrected chi connectivity index (χ4v) is 1.65. The van der Waals surface area contributed by atoms with Gasteiger partial charge in [0.25, 0.3) is 0 Å². The molecule has 0 radical (unpaired) electrons. The van der Waals surface area contributed by atoms with Crippen LogP contribution in [0, 0.1) is 6.92 Å². The topological polar surface area (TPSA) is 105 Å². The standard InChI is InChI=1S/C18H18O8/c1-12-10-14(26-18(22)9-7-16(20)24-3)5-4-13(12)11-25-17(21)8-6-15(19)23-2/h4-10H,11H2,1-3H3/b8-6+,9-7+. The van der Waals surface area contributed by atoms with Gasteiger partial charge in [0.1, 0.15) is 12.4 Å². The van der Waals surface area contributed by atoms with Gasteiger partial charge in [-0.2, -0.15) is 0 Å². The van der Waals surface area contributed by atoms with E-state index in [-0.39, 0.29) is 12.4 Å². The number of rotatable bonds is 7. The molecule has 0 atom stereocenters. The Bertz CT molecular complexity index is 746. The van der Waals surface area contributed by atoms with Crippen molar-refractivity contribution in [2.24, 2.45) is 0 Å². The highest BCUT2D eigenvalue weighted by molar-refractivity contribution is 5.92. The molecule has 0 fully saturated rings. The maximum absolute atomic E-state index is 11.6. The first-order chi connectivity index (χ1) is 12.3. The second kappa shape index (κ2) is 10.4. The van der Waals surface area contributed by atoms with Crippen LogP contribution in [0.25, 0.3) is 0 Å². The molecule has 0 amide bonds. The molecule has 0 aromatic heterocycles. The van der Waals surface area contributed by atoms with E-state index in [0.29, 0.717) is 5.56 Å². The van der Waals surface area contributed by atoms with Gasteiger partial charge in [0, 0.05) is 24.3 Å². The molecule has 0 heterocycles. The molecule has 8 nitrogen and oxygen atoms in total. The molecular weight excluding hydrogens is 344 g/mol. The number of esters is 4. The number of aryl methyl sites for hydroxylation is 1. The average Bonchev–Trinajstić information content (AvgIpc) is 2.63. The molecule has 0 unspecified atom stereocenters. The number of methoxy groups -OCH3 is 2. The molecule has 0 bridgehead atoms. The first-order valence-electron chi connectivity index (χ1n) is 7.36. The summed E-state index contributed by atoms with van der Waals surface area (Å²) in [5.41, 5.74) is 1.41. The zero-order valence-corrected chi connectivity index (χ0v) is 14.5. The molecule has 0 saturated heterocycles. The van der Waals surface area contributed by atoms with Crippen molar-refractivity contribution in [2.75, 3.05) is 14.2 Å². The van der Waals surface area contributed by atoms with E-state index >= 15 is 0 Å². The summed E-state index contributed by atoms with van der Waals surface area (Å²) in [6.45, 7) is 1.72. The molecule has 1 rings (SSSR count). The number of carbonyl (C=O) groups excluding carboxylic acids is 4. The molecule has 8 heteroatoms. The Morgan fingerprint density at radius 1 is 0.846 bits per heavy atom. The largest absolute Gasteiger partial charge is 0.466 e. The Hall–Kier alpha value is -3.42. The predicted octanol–water partition coefficient (Wildman–Crippen LogP) is 1.40. The number of ether oxygens (including phenoxy) is 4. The van der Waals surface area contributed by atoms with Crippen LogP contribution in [0.1, 0.15) is 11.1 Å². The average molecular weight is 362 g/mol. The van der Waals surface area contributed by atoms with E-state index < -0.39 is 23.9 Å². The molecule has 138 valence electrons. The first-order valence-corrected chi connectivity index (χ1v) is 7.36. The molecule has 0 saturated carbocycles. The van der Waals surface area contributed by atoms with Crippen molar-refractivity contribution in [1.29, 1.82) is 0 Å². The van der Waals surface area contributed by atoms with Crippen LogP contribution in [0.15, 0.2) is 42.5 Å². The van der Waals surface area contributed by atoms with Gasteiger partial charge in [0.2, 0.25) is 0 Å². The number of hydrogen-bond donors (Lipinski definition) is 0. The summed E-state index contributed by atoms with van der Waals surface area (Å²) in [5.74, 6) is -2.50. The van der Waals surface area contributed by atoms with E-state index in [2.05, 4.69) is 9.47 Å². The highest BCUT2D eigenvalue weighted by Crippen LogP contribution is 2.18. The van der Waals surface area contributed by atoms with E-state index in [4.69, 9.17) is 9.47 Å². The molecule has 26 heavy (non-hydrogen) atoms. The zero-order valence-electron chi connectivity index (χ0n) is 14.5. The van der Waals surface area contributed by atoms with Gasteiger partial charge in [0.15, 0.2) is 0 Å². The summed E-state index contributed by atoms with van der Waals surface area (Å²) in [5, 5.41) is 0. The minimum atomic E-state index is -0.734. The number of hydrogen-bond acceptors (Lipinski definition) is 8. The highest BCUT2D eigenvalue weighted by atomic mass is 16.5. The Labute approximate surface area is 150 Å². The maximum Gasteiger partial charge on any atom is 0.336 e. The quantitative estimate of drug-likeness (QED) is 0.310. The van der Waals surface area contributed by atoms with E-state index in [1.54, 1.807) is 19.1 Å². The van der Waals surface area contributed by atoms with Crippen LogP contribution in [0.4, 0.5) is 0 Å². The molecule has 0 spiro atoms. The molecule has 0 N–H and O–H groups in total. The minimum Gasteiger partial charge on any atom is -0.466 e. The van der Waals surface area contributed by atoms with Crippen LogP contribution < -0.4 is 4.74 Å². The summed E-state index contributed by atoms with van der Waals surface area (Å²) in [6, 6.07) is 4.72. The SMILES string of the molecule is COC(=O)/C=C/C(=O)OCc1ccc(OC(=O)/C=C/C(=O)OC)cc1C. The lowest BCUT2D eigenvalue weighted by atomic mass is 10.1. The number of benzene rings is 1. The third-order valence-corrected chi connectivity index (χ3v) is 3.02. The molecule has 0 aliphatic carbocycles. The van der Waals surface area contributed by atoms with Crippen LogP contribution in [-0.4, -0.2) is 38.1 Å². The van der Waals surface area contributed by atoms with Crippen molar-refractivity contribution in [3.05, 3.63) is 53.6 Å². The van der Waals surface area contributed by atoms with Crippen molar-refractivity contribution < 1.29 is 38.1 Å². The second-order valence-electron chi connectivity index (χ2n) is 4.83. The van der Waals surface area contributed by atoms with E-state index in [9.17, 15) is 19.2 Å². The van der Waals surface area contributed by atoms with Gasteiger partial charge >= 0.3 is 23.9 Å². The van der Waals surface area contributed by atoms with Gasteiger partial charge in [-0.1, -0.05) is 6.07 Å². The van der Waals surface area contributed by atoms with Gasteiger partial charge in [0.05, 0.1) is 14.2 Å².